The Morgan fingerprint density at radius 3 is 2.63 bits per heavy atom. The molecule has 0 unspecified atom stereocenters. The number of aryl methyl sites for hydroxylation is 3. The van der Waals surface area contributed by atoms with Crippen molar-refractivity contribution in [2.24, 2.45) is 0 Å². The van der Waals surface area contributed by atoms with Crippen LogP contribution in [0.3, 0.4) is 0 Å². The van der Waals surface area contributed by atoms with Crippen molar-refractivity contribution >= 4 is 39.1 Å². The maximum Gasteiger partial charge on any atom is 0.259 e. The molecule has 3 rings (SSSR count). The Balaban J connectivity index is 1.67. The summed E-state index contributed by atoms with van der Waals surface area (Å²) in [4.78, 5) is 48.0. The van der Waals surface area contributed by atoms with Crippen LogP contribution in [0.2, 0.25) is 0 Å². The lowest BCUT2D eigenvalue weighted by molar-refractivity contribution is -0.116. The van der Waals surface area contributed by atoms with Crippen LogP contribution in [0.1, 0.15) is 46.9 Å². The number of aromatic amines is 1. The maximum absolute atomic E-state index is 12.5. The number of benzene rings is 1. The van der Waals surface area contributed by atoms with Crippen LogP contribution >= 0.6 is 11.3 Å². The number of nitrogens with zero attached hydrogens (tertiary/aromatic N) is 2. The van der Waals surface area contributed by atoms with E-state index < -0.39 is 0 Å². The minimum atomic E-state index is -0.205. The minimum Gasteiger partial charge on any atom is -0.339 e. The van der Waals surface area contributed by atoms with Crippen LogP contribution in [0.4, 0.5) is 5.69 Å². The summed E-state index contributed by atoms with van der Waals surface area (Å²) in [6.45, 7) is 9.00. The summed E-state index contributed by atoms with van der Waals surface area (Å²) >= 11 is 1.49. The van der Waals surface area contributed by atoms with E-state index in [9.17, 15) is 14.4 Å². The molecule has 7 nitrogen and oxygen atoms in total. The Bertz CT molecular complexity index is 1140. The van der Waals surface area contributed by atoms with Gasteiger partial charge in [-0.1, -0.05) is 6.07 Å². The quantitative estimate of drug-likeness (QED) is 0.603. The van der Waals surface area contributed by atoms with Crippen LogP contribution in [0.5, 0.6) is 0 Å². The molecule has 0 saturated heterocycles. The molecule has 3 aromatic rings. The summed E-state index contributed by atoms with van der Waals surface area (Å²) in [5.74, 6) is 0.228. The summed E-state index contributed by atoms with van der Waals surface area (Å²) in [6.07, 6.45) is 0.497. The van der Waals surface area contributed by atoms with E-state index in [0.717, 1.165) is 10.4 Å². The van der Waals surface area contributed by atoms with Gasteiger partial charge in [-0.3, -0.25) is 14.4 Å². The maximum atomic E-state index is 12.5. The molecule has 1 aromatic carbocycles. The van der Waals surface area contributed by atoms with Gasteiger partial charge in [0.05, 0.1) is 5.39 Å². The van der Waals surface area contributed by atoms with E-state index in [1.54, 1.807) is 29.2 Å². The van der Waals surface area contributed by atoms with Gasteiger partial charge in [-0.05, 0) is 51.5 Å². The number of hydrogen-bond acceptors (Lipinski definition) is 5. The van der Waals surface area contributed by atoms with E-state index in [2.05, 4.69) is 15.3 Å². The van der Waals surface area contributed by atoms with Crippen molar-refractivity contribution in [3.8, 4) is 0 Å². The van der Waals surface area contributed by atoms with E-state index in [1.807, 2.05) is 27.7 Å². The zero-order valence-corrected chi connectivity index (χ0v) is 18.5. The molecule has 0 aliphatic carbocycles. The summed E-state index contributed by atoms with van der Waals surface area (Å²) in [5, 5.41) is 3.45. The topological polar surface area (TPSA) is 95.2 Å². The zero-order chi connectivity index (χ0) is 21.8. The Morgan fingerprint density at radius 2 is 1.93 bits per heavy atom. The highest BCUT2D eigenvalue weighted by Gasteiger charge is 2.15. The third-order valence-electron chi connectivity index (χ3n) is 5.12. The first-order chi connectivity index (χ1) is 14.3. The van der Waals surface area contributed by atoms with Crippen molar-refractivity contribution in [3.05, 3.63) is 56.4 Å². The van der Waals surface area contributed by atoms with Crippen molar-refractivity contribution in [3.63, 3.8) is 0 Å². The lowest BCUT2D eigenvalue weighted by atomic mass is 10.1. The van der Waals surface area contributed by atoms with Crippen LogP contribution < -0.4 is 10.9 Å². The number of hydrogen-bond donors (Lipinski definition) is 2. The van der Waals surface area contributed by atoms with E-state index in [1.165, 1.54) is 11.3 Å². The molecule has 2 amide bonds. The molecule has 2 N–H and O–H groups in total. The highest BCUT2D eigenvalue weighted by atomic mass is 32.1. The summed E-state index contributed by atoms with van der Waals surface area (Å²) in [6, 6.07) is 6.92. The Hall–Kier alpha value is -3.00. The van der Waals surface area contributed by atoms with Crippen LogP contribution in [-0.2, 0) is 11.2 Å². The van der Waals surface area contributed by atoms with Gasteiger partial charge >= 0.3 is 0 Å². The lowest BCUT2D eigenvalue weighted by Gasteiger charge is -2.19. The zero-order valence-electron chi connectivity index (χ0n) is 17.7. The number of carbonyl (C=O) groups is 2. The first-order valence-corrected chi connectivity index (χ1v) is 10.8. The fourth-order valence-electron chi connectivity index (χ4n) is 3.30. The van der Waals surface area contributed by atoms with E-state index in [4.69, 9.17) is 0 Å². The van der Waals surface area contributed by atoms with Gasteiger partial charge in [-0.15, -0.1) is 11.3 Å². The second-order valence-electron chi connectivity index (χ2n) is 7.08. The monoisotopic (exact) mass is 426 g/mol. The number of rotatable bonds is 7. The van der Waals surface area contributed by atoms with Gasteiger partial charge in [0, 0.05) is 42.1 Å². The molecule has 0 fully saturated rings. The standard InChI is InChI=1S/C22H26N4O3S/c1-5-26(6-2)22(29)15-8-7-9-16(12-15)23-18(27)11-10-17-24-20(28)19-13(3)14(4)30-21(19)25-17/h7-9,12H,5-6,10-11H2,1-4H3,(H,23,27)(H,24,25,28). The van der Waals surface area contributed by atoms with Crippen molar-refractivity contribution in [2.75, 3.05) is 18.4 Å². The molecule has 158 valence electrons. The van der Waals surface area contributed by atoms with Crippen LogP contribution in [0.25, 0.3) is 10.2 Å². The average molecular weight is 427 g/mol. The second-order valence-corrected chi connectivity index (χ2v) is 8.29. The fraction of sp³-hybridized carbons (Fsp3) is 0.364. The van der Waals surface area contributed by atoms with Crippen molar-refractivity contribution in [1.82, 2.24) is 14.9 Å². The minimum absolute atomic E-state index is 0.0623. The molecule has 0 aliphatic rings. The number of carbonyl (C=O) groups excluding carboxylic acids is 2. The number of nitrogens with one attached hydrogen (secondary N) is 2. The number of amides is 2. The van der Waals surface area contributed by atoms with Gasteiger partial charge in [0.2, 0.25) is 5.91 Å². The van der Waals surface area contributed by atoms with Crippen molar-refractivity contribution < 1.29 is 9.59 Å². The molecule has 0 aliphatic heterocycles. The van der Waals surface area contributed by atoms with Crippen LogP contribution in [-0.4, -0.2) is 39.8 Å². The SMILES string of the molecule is CCN(CC)C(=O)c1cccc(NC(=O)CCc2nc3sc(C)c(C)c3c(=O)[nH]2)c1. The molecule has 8 heteroatoms. The Morgan fingerprint density at radius 1 is 1.20 bits per heavy atom. The molecule has 0 radical (unpaired) electrons. The molecule has 0 atom stereocenters. The van der Waals surface area contributed by atoms with Crippen molar-refractivity contribution in [2.45, 2.75) is 40.5 Å². The number of fused-ring (bicyclic) bond motifs is 1. The van der Waals surface area contributed by atoms with E-state index >= 15 is 0 Å². The van der Waals surface area contributed by atoms with Crippen LogP contribution in [0.15, 0.2) is 29.1 Å². The van der Waals surface area contributed by atoms with Gasteiger partial charge in [0.25, 0.3) is 11.5 Å². The number of H-pyrrole nitrogens is 1. The largest absolute Gasteiger partial charge is 0.339 e. The van der Waals surface area contributed by atoms with E-state index in [0.29, 0.717) is 46.8 Å². The third-order valence-corrected chi connectivity index (χ3v) is 6.22. The average Bonchev–Trinajstić information content (AvgIpc) is 3.01. The highest BCUT2D eigenvalue weighted by molar-refractivity contribution is 7.18. The van der Waals surface area contributed by atoms with Crippen molar-refractivity contribution in [1.29, 1.82) is 0 Å². The molecule has 0 saturated carbocycles. The summed E-state index contributed by atoms with van der Waals surface area (Å²) in [7, 11) is 0. The van der Waals surface area contributed by atoms with Gasteiger partial charge in [0.15, 0.2) is 0 Å². The predicted molar refractivity (Wildman–Crippen MR) is 120 cm³/mol. The number of thiophene rings is 1. The molecular weight excluding hydrogens is 400 g/mol. The first-order valence-electron chi connectivity index (χ1n) is 10.0. The molecule has 2 heterocycles. The third kappa shape index (κ3) is 4.59. The Kier molecular flexibility index (Phi) is 6.66. The van der Waals surface area contributed by atoms with Gasteiger partial charge in [-0.25, -0.2) is 4.98 Å². The highest BCUT2D eigenvalue weighted by Crippen LogP contribution is 2.25. The van der Waals surface area contributed by atoms with Gasteiger partial charge in [0.1, 0.15) is 10.7 Å². The first kappa shape index (κ1) is 21.7. The van der Waals surface area contributed by atoms with Gasteiger partial charge < -0.3 is 15.2 Å². The second kappa shape index (κ2) is 9.21. The van der Waals surface area contributed by atoms with Crippen LogP contribution in [0, 0.1) is 13.8 Å². The van der Waals surface area contributed by atoms with E-state index in [-0.39, 0.29) is 23.8 Å². The molecule has 30 heavy (non-hydrogen) atoms. The molecule has 2 aromatic heterocycles. The predicted octanol–water partition coefficient (Wildman–Crippen LogP) is 3.65. The normalized spacial score (nSPS) is 10.9. The molecular formula is C22H26N4O3S. The number of anilines is 1. The summed E-state index contributed by atoms with van der Waals surface area (Å²) in [5.41, 5.74) is 1.89. The summed E-state index contributed by atoms with van der Waals surface area (Å²) < 4.78 is 0. The molecule has 0 bridgehead atoms. The Labute approximate surface area is 179 Å². The van der Waals surface area contributed by atoms with Gasteiger partial charge in [-0.2, -0.15) is 0 Å². The smallest absolute Gasteiger partial charge is 0.259 e. The fourth-order valence-corrected chi connectivity index (χ4v) is 4.35. The lowest BCUT2D eigenvalue weighted by Crippen LogP contribution is -2.30. The number of aromatic nitrogens is 2. The molecule has 0 spiro atoms.